The summed E-state index contributed by atoms with van der Waals surface area (Å²) in [6.07, 6.45) is 6.50. The quantitative estimate of drug-likeness (QED) is 0.549. The molecule has 0 aliphatic rings. The van der Waals surface area contributed by atoms with Crippen LogP contribution >= 0.6 is 0 Å². The zero-order valence-electron chi connectivity index (χ0n) is 10.9. The third-order valence-electron chi connectivity index (χ3n) is 2.79. The molecular weight excluding hydrogens is 184 g/mol. The molecule has 0 bridgehead atoms. The molecule has 0 radical (unpaired) electrons. The Morgan fingerprint density at radius 3 is 2.40 bits per heavy atom. The standard InChI is InChI=1S/C13H30N2/c1-4-6-13(8-9-14)7-5-10-15-11-12(2)3/h12-13,15H,4-11,14H2,1-3H3. The molecule has 0 saturated carbocycles. The van der Waals surface area contributed by atoms with E-state index in [2.05, 4.69) is 26.1 Å². The molecule has 15 heavy (non-hydrogen) atoms. The lowest BCUT2D eigenvalue weighted by Gasteiger charge is -2.15. The Bertz CT molecular complexity index is 118. The molecule has 92 valence electrons. The van der Waals surface area contributed by atoms with Crippen LogP contribution in [0.4, 0.5) is 0 Å². The maximum Gasteiger partial charge on any atom is -0.00258 e. The van der Waals surface area contributed by atoms with E-state index < -0.39 is 0 Å². The van der Waals surface area contributed by atoms with Gasteiger partial charge in [-0.15, -0.1) is 0 Å². The molecule has 0 aliphatic heterocycles. The summed E-state index contributed by atoms with van der Waals surface area (Å²) in [5.74, 6) is 1.63. The summed E-state index contributed by atoms with van der Waals surface area (Å²) >= 11 is 0. The van der Waals surface area contributed by atoms with Crippen molar-refractivity contribution >= 4 is 0 Å². The third kappa shape index (κ3) is 10.2. The first-order chi connectivity index (χ1) is 7.20. The van der Waals surface area contributed by atoms with Crippen LogP contribution in [0.3, 0.4) is 0 Å². The van der Waals surface area contributed by atoms with Gasteiger partial charge in [-0.2, -0.15) is 0 Å². The highest BCUT2D eigenvalue weighted by Crippen LogP contribution is 2.16. The largest absolute Gasteiger partial charge is 0.330 e. The summed E-state index contributed by atoms with van der Waals surface area (Å²) < 4.78 is 0. The van der Waals surface area contributed by atoms with Gasteiger partial charge in [0.1, 0.15) is 0 Å². The van der Waals surface area contributed by atoms with Crippen LogP contribution in [0.1, 0.15) is 52.9 Å². The summed E-state index contributed by atoms with van der Waals surface area (Å²) in [6, 6.07) is 0. The van der Waals surface area contributed by atoms with Crippen molar-refractivity contribution in [2.75, 3.05) is 19.6 Å². The zero-order valence-corrected chi connectivity index (χ0v) is 10.9. The van der Waals surface area contributed by atoms with E-state index in [-0.39, 0.29) is 0 Å². The van der Waals surface area contributed by atoms with Gasteiger partial charge in [0.05, 0.1) is 0 Å². The number of rotatable bonds is 10. The fourth-order valence-electron chi connectivity index (χ4n) is 1.98. The highest BCUT2D eigenvalue weighted by Gasteiger charge is 2.05. The van der Waals surface area contributed by atoms with Gasteiger partial charge < -0.3 is 11.1 Å². The van der Waals surface area contributed by atoms with Crippen molar-refractivity contribution in [3.8, 4) is 0 Å². The van der Waals surface area contributed by atoms with E-state index in [1.807, 2.05) is 0 Å². The number of nitrogens with one attached hydrogen (secondary N) is 1. The number of nitrogens with two attached hydrogens (primary N) is 1. The van der Waals surface area contributed by atoms with Gasteiger partial charge in [-0.25, -0.2) is 0 Å². The molecule has 0 aromatic heterocycles. The predicted molar refractivity (Wildman–Crippen MR) is 69.0 cm³/mol. The normalized spacial score (nSPS) is 13.4. The fourth-order valence-corrected chi connectivity index (χ4v) is 1.98. The van der Waals surface area contributed by atoms with E-state index in [4.69, 9.17) is 5.73 Å². The van der Waals surface area contributed by atoms with Crippen LogP contribution in [0.25, 0.3) is 0 Å². The molecule has 0 aromatic rings. The highest BCUT2D eigenvalue weighted by atomic mass is 14.8. The molecule has 1 atom stereocenters. The average Bonchev–Trinajstić information content (AvgIpc) is 2.17. The van der Waals surface area contributed by atoms with Gasteiger partial charge in [0.2, 0.25) is 0 Å². The first-order valence-electron chi connectivity index (χ1n) is 6.61. The monoisotopic (exact) mass is 214 g/mol. The van der Waals surface area contributed by atoms with E-state index in [0.717, 1.165) is 24.9 Å². The molecule has 0 spiro atoms. The van der Waals surface area contributed by atoms with Crippen LogP contribution < -0.4 is 11.1 Å². The SMILES string of the molecule is CCCC(CCN)CCCNCC(C)C. The van der Waals surface area contributed by atoms with Crippen LogP contribution in [0, 0.1) is 11.8 Å². The Morgan fingerprint density at radius 2 is 1.87 bits per heavy atom. The average molecular weight is 214 g/mol. The highest BCUT2D eigenvalue weighted by molar-refractivity contribution is 4.61. The van der Waals surface area contributed by atoms with Crippen LogP contribution in [0.15, 0.2) is 0 Å². The first kappa shape index (κ1) is 14.9. The lowest BCUT2D eigenvalue weighted by molar-refractivity contribution is 0.400. The van der Waals surface area contributed by atoms with Gasteiger partial charge in [0.25, 0.3) is 0 Å². The number of hydrogen-bond donors (Lipinski definition) is 2. The number of hydrogen-bond acceptors (Lipinski definition) is 2. The van der Waals surface area contributed by atoms with Crippen LogP contribution in [0.2, 0.25) is 0 Å². The molecule has 0 fully saturated rings. The fraction of sp³-hybridized carbons (Fsp3) is 1.00. The van der Waals surface area contributed by atoms with E-state index in [0.29, 0.717) is 0 Å². The van der Waals surface area contributed by atoms with E-state index in [1.54, 1.807) is 0 Å². The van der Waals surface area contributed by atoms with Crippen LogP contribution in [-0.2, 0) is 0 Å². The summed E-state index contributed by atoms with van der Waals surface area (Å²) in [7, 11) is 0. The van der Waals surface area contributed by atoms with Gasteiger partial charge >= 0.3 is 0 Å². The van der Waals surface area contributed by atoms with Crippen LogP contribution in [0.5, 0.6) is 0 Å². The molecular formula is C13H30N2. The van der Waals surface area contributed by atoms with Crippen molar-refractivity contribution in [1.29, 1.82) is 0 Å². The third-order valence-corrected chi connectivity index (χ3v) is 2.79. The predicted octanol–water partition coefficient (Wildman–Crippen LogP) is 2.78. The van der Waals surface area contributed by atoms with Gasteiger partial charge in [0.15, 0.2) is 0 Å². The van der Waals surface area contributed by atoms with E-state index in [1.165, 1.54) is 38.6 Å². The van der Waals surface area contributed by atoms with Crippen molar-refractivity contribution in [2.24, 2.45) is 17.6 Å². The Balaban J connectivity index is 3.36. The van der Waals surface area contributed by atoms with Gasteiger partial charge in [0, 0.05) is 0 Å². The molecule has 0 heterocycles. The Morgan fingerprint density at radius 1 is 1.13 bits per heavy atom. The van der Waals surface area contributed by atoms with Crippen molar-refractivity contribution in [3.63, 3.8) is 0 Å². The van der Waals surface area contributed by atoms with E-state index in [9.17, 15) is 0 Å². The maximum atomic E-state index is 5.61. The smallest absolute Gasteiger partial charge is 0.00258 e. The first-order valence-corrected chi connectivity index (χ1v) is 6.61. The minimum Gasteiger partial charge on any atom is -0.330 e. The summed E-state index contributed by atoms with van der Waals surface area (Å²) in [6.45, 7) is 9.94. The molecule has 0 rings (SSSR count). The second-order valence-electron chi connectivity index (χ2n) is 4.97. The Hall–Kier alpha value is -0.0800. The maximum absolute atomic E-state index is 5.61. The van der Waals surface area contributed by atoms with Crippen molar-refractivity contribution in [1.82, 2.24) is 5.32 Å². The Labute approximate surface area is 96.0 Å². The summed E-state index contributed by atoms with van der Waals surface area (Å²) in [4.78, 5) is 0. The Kier molecular flexibility index (Phi) is 10.4. The lowest BCUT2D eigenvalue weighted by atomic mass is 9.94. The van der Waals surface area contributed by atoms with Gasteiger partial charge in [-0.3, -0.25) is 0 Å². The lowest BCUT2D eigenvalue weighted by Crippen LogP contribution is -2.21. The molecule has 2 nitrogen and oxygen atoms in total. The minimum absolute atomic E-state index is 0.764. The minimum atomic E-state index is 0.764. The second-order valence-corrected chi connectivity index (χ2v) is 4.97. The topological polar surface area (TPSA) is 38.0 Å². The zero-order chi connectivity index (χ0) is 11.5. The van der Waals surface area contributed by atoms with Crippen molar-refractivity contribution in [3.05, 3.63) is 0 Å². The van der Waals surface area contributed by atoms with E-state index >= 15 is 0 Å². The molecule has 3 N–H and O–H groups in total. The molecule has 1 unspecified atom stereocenters. The molecule has 2 heteroatoms. The molecule has 0 aliphatic carbocycles. The molecule has 0 aromatic carbocycles. The second kappa shape index (κ2) is 10.4. The van der Waals surface area contributed by atoms with Crippen molar-refractivity contribution < 1.29 is 0 Å². The molecule has 0 saturated heterocycles. The summed E-state index contributed by atoms with van der Waals surface area (Å²) in [5.41, 5.74) is 5.61. The molecule has 0 amide bonds. The van der Waals surface area contributed by atoms with Gasteiger partial charge in [-0.1, -0.05) is 33.6 Å². The van der Waals surface area contributed by atoms with Crippen LogP contribution in [-0.4, -0.2) is 19.6 Å². The van der Waals surface area contributed by atoms with Gasteiger partial charge in [-0.05, 0) is 50.7 Å². The summed E-state index contributed by atoms with van der Waals surface area (Å²) in [5, 5.41) is 3.49. The van der Waals surface area contributed by atoms with Crippen molar-refractivity contribution in [2.45, 2.75) is 52.9 Å².